The van der Waals surface area contributed by atoms with Crippen LogP contribution in [0.2, 0.25) is 0 Å². The Bertz CT molecular complexity index is 437. The van der Waals surface area contributed by atoms with Crippen LogP contribution < -0.4 is 10.0 Å². The highest BCUT2D eigenvalue weighted by molar-refractivity contribution is 7.62. The van der Waals surface area contributed by atoms with Gasteiger partial charge in [-0.2, -0.15) is 0 Å². The van der Waals surface area contributed by atoms with E-state index in [9.17, 15) is 4.57 Å². The lowest BCUT2D eigenvalue weighted by Gasteiger charge is -2.23. The third-order valence-electron chi connectivity index (χ3n) is 2.22. The summed E-state index contributed by atoms with van der Waals surface area (Å²) in [6.45, 7) is 11.3. The first-order chi connectivity index (χ1) is 9.23. The third kappa shape index (κ3) is 5.28. The van der Waals surface area contributed by atoms with Gasteiger partial charge in [0.05, 0.1) is 23.6 Å². The fourth-order valence-corrected chi connectivity index (χ4v) is 3.60. The van der Waals surface area contributed by atoms with Gasteiger partial charge in [0.15, 0.2) is 0 Å². The molecule has 0 bridgehead atoms. The van der Waals surface area contributed by atoms with Crippen LogP contribution in [0.25, 0.3) is 0 Å². The van der Waals surface area contributed by atoms with E-state index in [2.05, 4.69) is 0 Å². The lowest BCUT2D eigenvalue weighted by Crippen LogP contribution is -2.17. The minimum atomic E-state index is -3.29. The molecule has 0 spiro atoms. The highest BCUT2D eigenvalue weighted by atomic mass is 31.2. The second-order valence-corrected chi connectivity index (χ2v) is 7.40. The normalized spacial score (nSPS) is 12.4. The summed E-state index contributed by atoms with van der Waals surface area (Å²) in [5.74, 6) is 0.740. The second kappa shape index (κ2) is 7.26. The van der Waals surface area contributed by atoms with E-state index in [1.54, 1.807) is 24.3 Å². The molecule has 0 fully saturated rings. The molecule has 0 unspecified atom stereocenters. The Morgan fingerprint density at radius 2 is 1.25 bits per heavy atom. The van der Waals surface area contributed by atoms with Crippen LogP contribution in [0.4, 0.5) is 0 Å². The van der Waals surface area contributed by atoms with Crippen LogP contribution in [-0.2, 0) is 13.6 Å². The Labute approximate surface area is 122 Å². The van der Waals surface area contributed by atoms with Gasteiger partial charge in [-0.25, -0.2) is 0 Å². The van der Waals surface area contributed by atoms with Gasteiger partial charge in [0.1, 0.15) is 5.75 Å². The van der Waals surface area contributed by atoms with E-state index in [-0.39, 0.29) is 18.3 Å². The maximum Gasteiger partial charge on any atom is 0.361 e. The Balaban J connectivity index is 2.99. The summed E-state index contributed by atoms with van der Waals surface area (Å²) < 4.78 is 29.6. The maximum atomic E-state index is 12.9. The summed E-state index contributed by atoms with van der Waals surface area (Å²) >= 11 is 0. The van der Waals surface area contributed by atoms with Crippen molar-refractivity contribution in [3.8, 4) is 5.75 Å². The molecule has 1 rings (SSSR count). The molecular formula is C15H25O4P. The standard InChI is InChI=1S/C15H25O4P/c1-11(2)17-14-7-9-15(10-8-14)20(16,18-12(3)4)19-13(5)6/h7-13H,1-6H3. The molecule has 4 nitrogen and oxygen atoms in total. The van der Waals surface area contributed by atoms with Crippen LogP contribution in [0.15, 0.2) is 24.3 Å². The van der Waals surface area contributed by atoms with E-state index < -0.39 is 7.60 Å². The van der Waals surface area contributed by atoms with E-state index in [0.29, 0.717) is 5.30 Å². The molecule has 5 heteroatoms. The number of hydrogen-bond acceptors (Lipinski definition) is 4. The van der Waals surface area contributed by atoms with Gasteiger partial charge in [-0.1, -0.05) is 0 Å². The second-order valence-electron chi connectivity index (χ2n) is 5.47. The van der Waals surface area contributed by atoms with Crippen LogP contribution in [0.5, 0.6) is 5.75 Å². The first-order valence-electron chi connectivity index (χ1n) is 6.97. The molecule has 0 heterocycles. The molecule has 0 N–H and O–H groups in total. The quantitative estimate of drug-likeness (QED) is 0.710. The minimum absolute atomic E-state index is 0.103. The number of hydrogen-bond donors (Lipinski definition) is 0. The van der Waals surface area contributed by atoms with Gasteiger partial charge in [-0.05, 0) is 65.8 Å². The molecule has 0 saturated heterocycles. The SMILES string of the molecule is CC(C)Oc1ccc(P(=O)(OC(C)C)OC(C)C)cc1. The highest BCUT2D eigenvalue weighted by Crippen LogP contribution is 2.49. The molecule has 1 aromatic carbocycles. The van der Waals surface area contributed by atoms with Crippen LogP contribution in [-0.4, -0.2) is 18.3 Å². The van der Waals surface area contributed by atoms with Crippen molar-refractivity contribution in [2.75, 3.05) is 0 Å². The van der Waals surface area contributed by atoms with Crippen molar-refractivity contribution < 1.29 is 18.3 Å². The molecule has 0 aliphatic heterocycles. The van der Waals surface area contributed by atoms with Crippen LogP contribution in [0.3, 0.4) is 0 Å². The molecule has 114 valence electrons. The van der Waals surface area contributed by atoms with Crippen molar-refractivity contribution >= 4 is 12.9 Å². The molecule has 20 heavy (non-hydrogen) atoms. The topological polar surface area (TPSA) is 44.8 Å². The van der Waals surface area contributed by atoms with Gasteiger partial charge in [-0.3, -0.25) is 4.57 Å². The first kappa shape index (κ1) is 17.2. The van der Waals surface area contributed by atoms with Gasteiger partial charge < -0.3 is 13.8 Å². The lowest BCUT2D eigenvalue weighted by atomic mass is 10.3. The van der Waals surface area contributed by atoms with Crippen molar-refractivity contribution in [1.82, 2.24) is 0 Å². The average molecular weight is 300 g/mol. The Hall–Kier alpha value is -0.830. The average Bonchev–Trinajstić information content (AvgIpc) is 2.26. The van der Waals surface area contributed by atoms with Crippen molar-refractivity contribution in [3.05, 3.63) is 24.3 Å². The minimum Gasteiger partial charge on any atom is -0.491 e. The van der Waals surface area contributed by atoms with E-state index in [1.165, 1.54) is 0 Å². The number of rotatable bonds is 7. The first-order valence-corrected chi connectivity index (χ1v) is 8.51. The van der Waals surface area contributed by atoms with Gasteiger partial charge >= 0.3 is 7.60 Å². The molecule has 0 saturated carbocycles. The zero-order chi connectivity index (χ0) is 15.3. The van der Waals surface area contributed by atoms with Crippen LogP contribution >= 0.6 is 7.60 Å². The zero-order valence-corrected chi connectivity index (χ0v) is 14.0. The Morgan fingerprint density at radius 1 is 0.800 bits per heavy atom. The smallest absolute Gasteiger partial charge is 0.361 e. The van der Waals surface area contributed by atoms with E-state index in [4.69, 9.17) is 13.8 Å². The van der Waals surface area contributed by atoms with Crippen LogP contribution in [0.1, 0.15) is 41.5 Å². The largest absolute Gasteiger partial charge is 0.491 e. The van der Waals surface area contributed by atoms with Crippen molar-refractivity contribution in [1.29, 1.82) is 0 Å². The summed E-state index contributed by atoms with van der Waals surface area (Å²) in [4.78, 5) is 0. The van der Waals surface area contributed by atoms with Gasteiger partial charge in [0.2, 0.25) is 0 Å². The molecule has 0 atom stereocenters. The predicted octanol–water partition coefficient (Wildman–Crippen LogP) is 4.14. The number of benzene rings is 1. The molecule has 0 aromatic heterocycles. The number of ether oxygens (including phenoxy) is 1. The summed E-state index contributed by atoms with van der Waals surface area (Å²) in [6, 6.07) is 7.05. The third-order valence-corrected chi connectivity index (χ3v) is 4.55. The molecule has 0 radical (unpaired) electrons. The Kier molecular flexibility index (Phi) is 6.25. The molecule has 0 aliphatic rings. The van der Waals surface area contributed by atoms with Gasteiger partial charge in [-0.15, -0.1) is 0 Å². The van der Waals surface area contributed by atoms with E-state index in [1.807, 2.05) is 41.5 Å². The van der Waals surface area contributed by atoms with E-state index in [0.717, 1.165) is 5.75 Å². The Morgan fingerprint density at radius 3 is 1.60 bits per heavy atom. The van der Waals surface area contributed by atoms with Crippen molar-refractivity contribution in [3.63, 3.8) is 0 Å². The zero-order valence-electron chi connectivity index (χ0n) is 13.1. The lowest BCUT2D eigenvalue weighted by molar-refractivity contribution is 0.150. The monoisotopic (exact) mass is 300 g/mol. The maximum absolute atomic E-state index is 12.9. The van der Waals surface area contributed by atoms with Crippen LogP contribution in [0, 0.1) is 0 Å². The summed E-state index contributed by atoms with van der Waals surface area (Å²) in [7, 11) is -3.29. The summed E-state index contributed by atoms with van der Waals surface area (Å²) in [6.07, 6.45) is -0.246. The fraction of sp³-hybridized carbons (Fsp3) is 0.600. The highest BCUT2D eigenvalue weighted by Gasteiger charge is 2.30. The molecular weight excluding hydrogens is 275 g/mol. The van der Waals surface area contributed by atoms with Crippen molar-refractivity contribution in [2.45, 2.75) is 59.9 Å². The molecule has 0 aliphatic carbocycles. The fourth-order valence-electron chi connectivity index (χ4n) is 1.68. The summed E-state index contributed by atoms with van der Waals surface area (Å²) in [5, 5.41) is 0.552. The molecule has 1 aromatic rings. The van der Waals surface area contributed by atoms with Gasteiger partial charge in [0, 0.05) is 0 Å². The van der Waals surface area contributed by atoms with Gasteiger partial charge in [0.25, 0.3) is 0 Å². The van der Waals surface area contributed by atoms with E-state index >= 15 is 0 Å². The summed E-state index contributed by atoms with van der Waals surface area (Å²) in [5.41, 5.74) is 0. The molecule has 0 amide bonds. The predicted molar refractivity (Wildman–Crippen MR) is 81.9 cm³/mol. The van der Waals surface area contributed by atoms with Crippen molar-refractivity contribution in [2.24, 2.45) is 0 Å².